The molecule has 8 heteroatoms. The van der Waals surface area contributed by atoms with Crippen LogP contribution in [0.3, 0.4) is 0 Å². The molecule has 5 nitrogen and oxygen atoms in total. The van der Waals surface area contributed by atoms with E-state index in [0.29, 0.717) is 6.54 Å². The Morgan fingerprint density at radius 2 is 1.96 bits per heavy atom. The molecule has 1 unspecified atom stereocenters. The van der Waals surface area contributed by atoms with Gasteiger partial charge < -0.3 is 14.6 Å². The number of aryl methyl sites for hydroxylation is 1. The fourth-order valence-electron chi connectivity index (χ4n) is 3.55. The first kappa shape index (κ1) is 18.3. The Labute approximate surface area is 148 Å². The predicted molar refractivity (Wildman–Crippen MR) is 88.6 cm³/mol. The highest BCUT2D eigenvalue weighted by Crippen LogP contribution is 2.45. The van der Waals surface area contributed by atoms with Gasteiger partial charge in [-0.05, 0) is 25.0 Å². The van der Waals surface area contributed by atoms with E-state index in [1.165, 1.54) is 0 Å². The minimum absolute atomic E-state index is 0.0545. The molecule has 1 saturated heterocycles. The molecule has 26 heavy (non-hydrogen) atoms. The number of carboxylic acids is 1. The number of benzene rings is 1. The van der Waals surface area contributed by atoms with E-state index in [9.17, 15) is 22.8 Å². The number of halogens is 3. The third-order valence-electron chi connectivity index (χ3n) is 5.13. The predicted octanol–water partition coefficient (Wildman–Crippen LogP) is 3.07. The number of hydrogen-bond acceptors (Lipinski definition) is 2. The van der Waals surface area contributed by atoms with Gasteiger partial charge in [0.1, 0.15) is 0 Å². The first-order valence-electron chi connectivity index (χ1n) is 8.34. The number of carbonyl (C=O) groups excluding carboxylic acids is 1. The van der Waals surface area contributed by atoms with E-state index < -0.39 is 36.4 Å². The quantitative estimate of drug-likeness (QED) is 0.902. The lowest BCUT2D eigenvalue weighted by Crippen LogP contribution is -2.47. The van der Waals surface area contributed by atoms with Crippen LogP contribution in [0.15, 0.2) is 30.5 Å². The summed E-state index contributed by atoms with van der Waals surface area (Å²) < 4.78 is 41.8. The molecule has 2 heterocycles. The van der Waals surface area contributed by atoms with Crippen LogP contribution in [0.2, 0.25) is 0 Å². The van der Waals surface area contributed by atoms with Crippen molar-refractivity contribution in [2.24, 2.45) is 5.41 Å². The number of rotatable bonds is 4. The molecule has 1 aromatic carbocycles. The maximum Gasteiger partial charge on any atom is 0.406 e. The van der Waals surface area contributed by atoms with E-state index in [4.69, 9.17) is 5.11 Å². The van der Waals surface area contributed by atoms with Gasteiger partial charge in [0.2, 0.25) is 5.91 Å². The van der Waals surface area contributed by atoms with Crippen molar-refractivity contribution in [1.29, 1.82) is 0 Å². The molecule has 1 N–H and O–H groups in total. The Morgan fingerprint density at radius 1 is 1.27 bits per heavy atom. The van der Waals surface area contributed by atoms with Crippen LogP contribution in [0.1, 0.15) is 18.9 Å². The van der Waals surface area contributed by atoms with Crippen molar-refractivity contribution >= 4 is 22.8 Å². The smallest absolute Gasteiger partial charge is 0.406 e. The molecule has 3 rings (SSSR count). The number of fused-ring (bicyclic) bond motifs is 1. The standard InChI is InChI=1S/C18H19F3N2O3/c1-2-22-10-12(13-5-3-4-6-14(13)22)9-15(24)23-8-7-17(11-23,16(25)26)18(19,20)21/h3-6,10H,2,7-9,11H2,1H3,(H,25,26). The molecule has 0 aliphatic carbocycles. The van der Waals surface area contributed by atoms with Crippen molar-refractivity contribution in [3.8, 4) is 0 Å². The van der Waals surface area contributed by atoms with Crippen molar-refractivity contribution in [3.63, 3.8) is 0 Å². The number of alkyl halides is 3. The molecule has 0 spiro atoms. The van der Waals surface area contributed by atoms with Gasteiger partial charge in [0, 0.05) is 36.7 Å². The summed E-state index contributed by atoms with van der Waals surface area (Å²) in [6.07, 6.45) is -3.74. The molecule has 0 saturated carbocycles. The highest BCUT2D eigenvalue weighted by atomic mass is 19.4. The number of hydrogen-bond donors (Lipinski definition) is 1. The SMILES string of the molecule is CCn1cc(CC(=O)N2CCC(C(=O)O)(C(F)(F)F)C2)c2ccccc21. The van der Waals surface area contributed by atoms with Crippen LogP contribution < -0.4 is 0 Å². The Morgan fingerprint density at radius 3 is 2.54 bits per heavy atom. The maximum atomic E-state index is 13.3. The second kappa shape index (κ2) is 6.34. The fraction of sp³-hybridized carbons (Fsp3) is 0.444. The zero-order valence-electron chi connectivity index (χ0n) is 14.2. The monoisotopic (exact) mass is 368 g/mol. The molecular formula is C18H19F3N2O3. The van der Waals surface area contributed by atoms with E-state index >= 15 is 0 Å². The van der Waals surface area contributed by atoms with Gasteiger partial charge in [-0.25, -0.2) is 0 Å². The van der Waals surface area contributed by atoms with E-state index in [0.717, 1.165) is 21.4 Å². The molecule has 1 fully saturated rings. The number of amides is 1. The molecule has 1 aromatic heterocycles. The Hall–Kier alpha value is -2.51. The van der Waals surface area contributed by atoms with E-state index in [1.807, 2.05) is 42.0 Å². The number of nitrogens with zero attached hydrogens (tertiary/aromatic N) is 2. The zero-order chi connectivity index (χ0) is 19.1. The van der Waals surface area contributed by atoms with Crippen LogP contribution in [-0.4, -0.2) is 45.7 Å². The minimum atomic E-state index is -4.90. The van der Waals surface area contributed by atoms with Crippen molar-refractivity contribution < 1.29 is 27.9 Å². The van der Waals surface area contributed by atoms with Gasteiger partial charge in [-0.2, -0.15) is 13.2 Å². The second-order valence-electron chi connectivity index (χ2n) is 6.58. The molecule has 1 atom stereocenters. The van der Waals surface area contributed by atoms with Crippen LogP contribution in [0.4, 0.5) is 13.2 Å². The normalized spacial score (nSPS) is 20.7. The lowest BCUT2D eigenvalue weighted by Gasteiger charge is -2.27. The molecule has 1 aliphatic heterocycles. The van der Waals surface area contributed by atoms with Crippen LogP contribution in [0, 0.1) is 5.41 Å². The fourth-order valence-corrected chi connectivity index (χ4v) is 3.55. The van der Waals surface area contributed by atoms with Gasteiger partial charge in [-0.3, -0.25) is 9.59 Å². The zero-order valence-corrected chi connectivity index (χ0v) is 14.2. The lowest BCUT2D eigenvalue weighted by atomic mass is 9.86. The van der Waals surface area contributed by atoms with E-state index in [1.54, 1.807) is 0 Å². The summed E-state index contributed by atoms with van der Waals surface area (Å²) in [5.41, 5.74) is -1.19. The Bertz CT molecular complexity index is 859. The van der Waals surface area contributed by atoms with Gasteiger partial charge in [-0.15, -0.1) is 0 Å². The molecule has 1 amide bonds. The summed E-state index contributed by atoms with van der Waals surface area (Å²) in [6.45, 7) is 1.62. The van der Waals surface area contributed by atoms with Crippen molar-refractivity contribution in [3.05, 3.63) is 36.0 Å². The summed E-state index contributed by atoms with van der Waals surface area (Å²) in [5, 5.41) is 9.98. The van der Waals surface area contributed by atoms with Crippen molar-refractivity contribution in [2.45, 2.75) is 32.5 Å². The van der Waals surface area contributed by atoms with Crippen molar-refractivity contribution in [2.75, 3.05) is 13.1 Å². The number of likely N-dealkylation sites (tertiary alicyclic amines) is 1. The summed E-state index contributed by atoms with van der Waals surface area (Å²) >= 11 is 0. The van der Waals surface area contributed by atoms with Gasteiger partial charge in [0.15, 0.2) is 5.41 Å². The van der Waals surface area contributed by atoms with Crippen LogP contribution in [0.5, 0.6) is 0 Å². The van der Waals surface area contributed by atoms with Gasteiger partial charge >= 0.3 is 12.1 Å². The average molecular weight is 368 g/mol. The highest BCUT2D eigenvalue weighted by Gasteiger charge is 2.64. The molecule has 0 bridgehead atoms. The molecule has 0 radical (unpaired) electrons. The van der Waals surface area contributed by atoms with Gasteiger partial charge in [0.25, 0.3) is 0 Å². The topological polar surface area (TPSA) is 62.5 Å². The lowest BCUT2D eigenvalue weighted by molar-refractivity contribution is -0.227. The number of aromatic nitrogens is 1. The number of aliphatic carboxylic acids is 1. The van der Waals surface area contributed by atoms with Crippen LogP contribution >= 0.6 is 0 Å². The largest absolute Gasteiger partial charge is 0.481 e. The first-order chi connectivity index (χ1) is 12.2. The average Bonchev–Trinajstić information content (AvgIpc) is 3.18. The summed E-state index contributed by atoms with van der Waals surface area (Å²) in [7, 11) is 0. The summed E-state index contributed by atoms with van der Waals surface area (Å²) in [5.74, 6) is -2.42. The van der Waals surface area contributed by atoms with E-state index in [-0.39, 0.29) is 13.0 Å². The minimum Gasteiger partial charge on any atom is -0.481 e. The third kappa shape index (κ3) is 2.83. The molecule has 1 aliphatic rings. The molecule has 140 valence electrons. The number of para-hydroxylation sites is 1. The Balaban J connectivity index is 1.83. The van der Waals surface area contributed by atoms with Crippen molar-refractivity contribution in [1.82, 2.24) is 9.47 Å². The highest BCUT2D eigenvalue weighted by molar-refractivity contribution is 5.90. The maximum absolute atomic E-state index is 13.3. The Kier molecular flexibility index (Phi) is 4.46. The number of carboxylic acid groups (broad SMARTS) is 1. The van der Waals surface area contributed by atoms with E-state index in [2.05, 4.69) is 0 Å². The summed E-state index contributed by atoms with van der Waals surface area (Å²) in [6, 6.07) is 7.50. The van der Waals surface area contributed by atoms with Gasteiger partial charge in [0.05, 0.1) is 6.42 Å². The van der Waals surface area contributed by atoms with Gasteiger partial charge in [-0.1, -0.05) is 18.2 Å². The number of carbonyl (C=O) groups is 2. The summed E-state index contributed by atoms with van der Waals surface area (Å²) in [4.78, 5) is 24.8. The second-order valence-corrected chi connectivity index (χ2v) is 6.58. The first-order valence-corrected chi connectivity index (χ1v) is 8.34. The van der Waals surface area contributed by atoms with Crippen LogP contribution in [0.25, 0.3) is 10.9 Å². The third-order valence-corrected chi connectivity index (χ3v) is 5.13. The van der Waals surface area contributed by atoms with Crippen LogP contribution in [-0.2, 0) is 22.6 Å². The molecular weight excluding hydrogens is 349 g/mol. The molecule has 2 aromatic rings.